The number of fused-ring (bicyclic) bond motifs is 1. The first-order valence-electron chi connectivity index (χ1n) is 4.23. The molecule has 63 valence electrons. The van der Waals surface area contributed by atoms with Crippen molar-refractivity contribution >= 4 is 11.6 Å². The molecular weight excluding hydrogens is 168 g/mol. The standard InChI is InChI=1S/C11H12Cl/c1-11(2)6-5-8-3-4-9(12)7-10(8)11/h3-5,7H,6H2,1-2H3. The van der Waals surface area contributed by atoms with E-state index >= 15 is 0 Å². The van der Waals surface area contributed by atoms with Crippen LogP contribution in [0.4, 0.5) is 0 Å². The van der Waals surface area contributed by atoms with Crippen LogP contribution in [-0.2, 0) is 5.41 Å². The summed E-state index contributed by atoms with van der Waals surface area (Å²) in [4.78, 5) is 0. The summed E-state index contributed by atoms with van der Waals surface area (Å²) in [6.45, 7) is 4.51. The Morgan fingerprint density at radius 2 is 2.08 bits per heavy atom. The number of halogens is 1. The average Bonchev–Trinajstić information content (AvgIpc) is 2.28. The fraction of sp³-hybridized carbons (Fsp3) is 0.364. The van der Waals surface area contributed by atoms with E-state index in [-0.39, 0.29) is 5.41 Å². The smallest absolute Gasteiger partial charge is 0.0409 e. The number of hydrogen-bond acceptors (Lipinski definition) is 0. The molecule has 1 aliphatic rings. The molecule has 0 heterocycles. The van der Waals surface area contributed by atoms with Crippen LogP contribution >= 0.6 is 11.6 Å². The molecule has 0 aliphatic heterocycles. The Hall–Kier alpha value is -0.490. The highest BCUT2D eigenvalue weighted by Gasteiger charge is 2.29. The van der Waals surface area contributed by atoms with Crippen molar-refractivity contribution in [3.63, 3.8) is 0 Å². The van der Waals surface area contributed by atoms with Crippen molar-refractivity contribution < 1.29 is 0 Å². The van der Waals surface area contributed by atoms with Crippen LogP contribution < -0.4 is 0 Å². The second-order valence-corrected chi connectivity index (χ2v) is 4.46. The van der Waals surface area contributed by atoms with Gasteiger partial charge >= 0.3 is 0 Å². The van der Waals surface area contributed by atoms with Gasteiger partial charge < -0.3 is 0 Å². The minimum Gasteiger partial charge on any atom is -0.0843 e. The van der Waals surface area contributed by atoms with Gasteiger partial charge in [-0.15, -0.1) is 0 Å². The van der Waals surface area contributed by atoms with Crippen molar-refractivity contribution in [2.24, 2.45) is 0 Å². The van der Waals surface area contributed by atoms with Crippen LogP contribution in [0.5, 0.6) is 0 Å². The van der Waals surface area contributed by atoms with Crippen molar-refractivity contribution in [2.45, 2.75) is 25.7 Å². The number of hydrogen-bond donors (Lipinski definition) is 0. The van der Waals surface area contributed by atoms with Gasteiger partial charge in [0.05, 0.1) is 0 Å². The first-order valence-corrected chi connectivity index (χ1v) is 4.61. The highest BCUT2D eigenvalue weighted by Crippen LogP contribution is 2.40. The first kappa shape index (κ1) is 8.12. The van der Waals surface area contributed by atoms with Gasteiger partial charge in [0.25, 0.3) is 0 Å². The van der Waals surface area contributed by atoms with Crippen LogP contribution in [0.2, 0.25) is 5.02 Å². The molecule has 0 nitrogen and oxygen atoms in total. The van der Waals surface area contributed by atoms with Gasteiger partial charge in [0.2, 0.25) is 0 Å². The summed E-state index contributed by atoms with van der Waals surface area (Å²) in [5.74, 6) is 0. The molecule has 12 heavy (non-hydrogen) atoms. The van der Waals surface area contributed by atoms with Crippen LogP contribution in [0.1, 0.15) is 31.4 Å². The van der Waals surface area contributed by atoms with E-state index in [9.17, 15) is 0 Å². The molecule has 1 heteroatoms. The third-order valence-electron chi connectivity index (χ3n) is 2.58. The molecule has 1 aliphatic carbocycles. The van der Waals surface area contributed by atoms with E-state index in [0.29, 0.717) is 0 Å². The zero-order valence-corrected chi connectivity index (χ0v) is 8.15. The third-order valence-corrected chi connectivity index (χ3v) is 2.81. The van der Waals surface area contributed by atoms with Crippen LogP contribution in [-0.4, -0.2) is 0 Å². The van der Waals surface area contributed by atoms with E-state index in [1.165, 1.54) is 11.1 Å². The lowest BCUT2D eigenvalue weighted by molar-refractivity contribution is 0.550. The predicted octanol–water partition coefficient (Wildman–Crippen LogP) is 3.57. The lowest BCUT2D eigenvalue weighted by Gasteiger charge is -2.18. The Morgan fingerprint density at radius 3 is 2.83 bits per heavy atom. The number of rotatable bonds is 0. The minimum absolute atomic E-state index is 0.278. The summed E-state index contributed by atoms with van der Waals surface area (Å²) >= 11 is 5.94. The average molecular weight is 180 g/mol. The quantitative estimate of drug-likeness (QED) is 0.571. The highest BCUT2D eigenvalue weighted by atomic mass is 35.5. The second-order valence-electron chi connectivity index (χ2n) is 4.02. The van der Waals surface area contributed by atoms with Crippen LogP contribution in [0, 0.1) is 6.42 Å². The molecule has 0 atom stereocenters. The van der Waals surface area contributed by atoms with E-state index in [4.69, 9.17) is 11.6 Å². The van der Waals surface area contributed by atoms with Crippen molar-refractivity contribution in [3.05, 3.63) is 40.8 Å². The van der Waals surface area contributed by atoms with Crippen LogP contribution in [0.3, 0.4) is 0 Å². The Balaban J connectivity index is 2.57. The summed E-state index contributed by atoms with van der Waals surface area (Å²) < 4.78 is 0. The topological polar surface area (TPSA) is 0 Å². The van der Waals surface area contributed by atoms with Gasteiger partial charge in [-0.2, -0.15) is 0 Å². The lowest BCUT2D eigenvalue weighted by Crippen LogP contribution is -2.11. The predicted molar refractivity (Wildman–Crippen MR) is 52.5 cm³/mol. The Kier molecular flexibility index (Phi) is 1.69. The van der Waals surface area contributed by atoms with E-state index in [1.807, 2.05) is 6.07 Å². The molecule has 0 aromatic heterocycles. The van der Waals surface area contributed by atoms with E-state index in [0.717, 1.165) is 11.4 Å². The zero-order valence-electron chi connectivity index (χ0n) is 7.39. The summed E-state index contributed by atoms with van der Waals surface area (Å²) in [7, 11) is 0. The van der Waals surface area contributed by atoms with Gasteiger partial charge in [-0.1, -0.05) is 31.5 Å². The highest BCUT2D eigenvalue weighted by molar-refractivity contribution is 6.30. The maximum atomic E-state index is 5.94. The van der Waals surface area contributed by atoms with Crippen molar-refractivity contribution in [2.75, 3.05) is 0 Å². The fourth-order valence-corrected chi connectivity index (χ4v) is 1.94. The van der Waals surface area contributed by atoms with Gasteiger partial charge in [0.1, 0.15) is 0 Å². The fourth-order valence-electron chi connectivity index (χ4n) is 1.77. The molecule has 0 unspecified atom stereocenters. The van der Waals surface area contributed by atoms with Gasteiger partial charge in [-0.05, 0) is 41.5 Å². The van der Waals surface area contributed by atoms with Gasteiger partial charge in [0, 0.05) is 5.02 Å². The van der Waals surface area contributed by atoms with Gasteiger partial charge in [-0.25, -0.2) is 0 Å². The van der Waals surface area contributed by atoms with Crippen molar-refractivity contribution in [1.82, 2.24) is 0 Å². The van der Waals surface area contributed by atoms with Crippen molar-refractivity contribution in [1.29, 1.82) is 0 Å². The molecular formula is C11H12Cl. The molecule has 0 saturated heterocycles. The molecule has 1 aromatic carbocycles. The van der Waals surface area contributed by atoms with Gasteiger partial charge in [0.15, 0.2) is 0 Å². The van der Waals surface area contributed by atoms with E-state index in [1.54, 1.807) is 0 Å². The van der Waals surface area contributed by atoms with Crippen LogP contribution in [0.25, 0.3) is 0 Å². The summed E-state index contributed by atoms with van der Waals surface area (Å²) in [5.41, 5.74) is 3.01. The van der Waals surface area contributed by atoms with E-state index in [2.05, 4.69) is 32.4 Å². The molecule has 0 fully saturated rings. The second kappa shape index (κ2) is 2.50. The first-order chi connectivity index (χ1) is 5.59. The molecule has 0 amide bonds. The summed E-state index contributed by atoms with van der Waals surface area (Å²) in [6, 6.07) is 6.14. The normalized spacial score (nSPS) is 19.2. The Morgan fingerprint density at radius 1 is 1.33 bits per heavy atom. The largest absolute Gasteiger partial charge is 0.0843 e. The molecule has 0 saturated carbocycles. The Bertz CT molecular complexity index is 313. The Labute approximate surface area is 78.6 Å². The SMILES string of the molecule is CC1(C)C[CH]c2ccc(Cl)cc21. The van der Waals surface area contributed by atoms with Crippen molar-refractivity contribution in [3.8, 4) is 0 Å². The van der Waals surface area contributed by atoms with E-state index < -0.39 is 0 Å². The lowest BCUT2D eigenvalue weighted by atomic mass is 9.87. The maximum Gasteiger partial charge on any atom is 0.0409 e. The molecule has 0 N–H and O–H groups in total. The van der Waals surface area contributed by atoms with Gasteiger partial charge in [-0.3, -0.25) is 0 Å². The molecule has 0 spiro atoms. The maximum absolute atomic E-state index is 5.94. The monoisotopic (exact) mass is 179 g/mol. The summed E-state index contributed by atoms with van der Waals surface area (Å²) in [5, 5.41) is 0.845. The number of benzene rings is 1. The molecule has 1 aromatic rings. The molecule has 2 rings (SSSR count). The molecule has 0 bridgehead atoms. The third kappa shape index (κ3) is 1.15. The molecule has 1 radical (unpaired) electrons. The zero-order chi connectivity index (χ0) is 8.77. The minimum atomic E-state index is 0.278. The van der Waals surface area contributed by atoms with Crippen LogP contribution in [0.15, 0.2) is 18.2 Å². The summed E-state index contributed by atoms with van der Waals surface area (Å²) in [6.07, 6.45) is 3.41.